The van der Waals surface area contributed by atoms with Crippen LogP contribution in [0.5, 0.6) is 5.75 Å². The molecule has 108 valence electrons. The van der Waals surface area contributed by atoms with E-state index in [1.54, 1.807) is 6.20 Å². The van der Waals surface area contributed by atoms with Crippen LogP contribution in [-0.4, -0.2) is 11.0 Å². The van der Waals surface area contributed by atoms with Gasteiger partial charge in [-0.25, -0.2) is 0 Å². The van der Waals surface area contributed by atoms with Crippen LogP contribution < -0.4 is 10.1 Å². The Morgan fingerprint density at radius 1 is 1.35 bits per heavy atom. The van der Waals surface area contributed by atoms with Crippen molar-refractivity contribution < 1.29 is 9.15 Å². The number of pyridine rings is 1. The molecule has 0 atom stereocenters. The summed E-state index contributed by atoms with van der Waals surface area (Å²) in [7, 11) is 0. The Balaban J connectivity index is 1.97. The minimum atomic E-state index is 0.426. The fourth-order valence-electron chi connectivity index (χ4n) is 1.92. The number of rotatable bonds is 6. The lowest BCUT2D eigenvalue weighted by atomic mass is 10.2. The molecular weight excluding hydrogens is 252 g/mol. The molecule has 0 saturated carbocycles. The highest BCUT2D eigenvalue weighted by atomic mass is 16.5. The summed E-state index contributed by atoms with van der Waals surface area (Å²) in [5, 5.41) is 3.39. The fourth-order valence-corrected chi connectivity index (χ4v) is 1.92. The van der Waals surface area contributed by atoms with Crippen molar-refractivity contribution in [3.05, 3.63) is 47.2 Å². The van der Waals surface area contributed by atoms with Gasteiger partial charge in [0, 0.05) is 24.3 Å². The van der Waals surface area contributed by atoms with Crippen molar-refractivity contribution in [3.8, 4) is 5.75 Å². The Morgan fingerprint density at radius 2 is 2.15 bits per heavy atom. The zero-order chi connectivity index (χ0) is 14.5. The zero-order valence-corrected chi connectivity index (χ0v) is 12.6. The molecule has 0 aromatic carbocycles. The summed E-state index contributed by atoms with van der Waals surface area (Å²) in [6, 6.07) is 6.30. The normalized spacial score (nSPS) is 11.1. The van der Waals surface area contributed by atoms with Gasteiger partial charge in [-0.3, -0.25) is 4.98 Å². The van der Waals surface area contributed by atoms with E-state index in [-0.39, 0.29) is 0 Å². The van der Waals surface area contributed by atoms with Crippen LogP contribution in [-0.2, 0) is 13.2 Å². The van der Waals surface area contributed by atoms with Crippen LogP contribution in [0.4, 0.5) is 0 Å². The molecule has 4 heteroatoms. The van der Waals surface area contributed by atoms with Crippen LogP contribution in [0.15, 0.2) is 28.8 Å². The molecule has 2 aromatic rings. The maximum atomic E-state index is 5.74. The third-order valence-corrected chi connectivity index (χ3v) is 3.10. The fraction of sp³-hybridized carbons (Fsp3) is 0.438. The number of furan rings is 1. The van der Waals surface area contributed by atoms with Crippen molar-refractivity contribution in [2.75, 3.05) is 0 Å². The molecular formula is C16H22N2O2. The first-order valence-electron chi connectivity index (χ1n) is 6.92. The monoisotopic (exact) mass is 274 g/mol. The van der Waals surface area contributed by atoms with Crippen LogP contribution in [0.3, 0.4) is 0 Å². The Morgan fingerprint density at radius 3 is 2.85 bits per heavy atom. The van der Waals surface area contributed by atoms with Crippen molar-refractivity contribution in [1.29, 1.82) is 0 Å². The van der Waals surface area contributed by atoms with Crippen LogP contribution in [0.2, 0.25) is 0 Å². The molecule has 0 radical (unpaired) electrons. The van der Waals surface area contributed by atoms with Crippen molar-refractivity contribution in [2.45, 2.75) is 46.9 Å². The number of nitrogens with one attached hydrogen (secondary N) is 1. The van der Waals surface area contributed by atoms with E-state index in [1.807, 2.05) is 26.0 Å². The summed E-state index contributed by atoms with van der Waals surface area (Å²) in [6.07, 6.45) is 1.76. The lowest BCUT2D eigenvalue weighted by Crippen LogP contribution is -2.21. The molecule has 0 bridgehead atoms. The van der Waals surface area contributed by atoms with Crippen molar-refractivity contribution >= 4 is 0 Å². The molecule has 4 nitrogen and oxygen atoms in total. The maximum absolute atomic E-state index is 5.74. The molecule has 2 aromatic heterocycles. The maximum Gasteiger partial charge on any atom is 0.146 e. The summed E-state index contributed by atoms with van der Waals surface area (Å²) in [4.78, 5) is 4.20. The minimum Gasteiger partial charge on any atom is -0.484 e. The molecule has 2 rings (SSSR count). The van der Waals surface area contributed by atoms with E-state index in [9.17, 15) is 0 Å². The van der Waals surface area contributed by atoms with E-state index < -0.39 is 0 Å². The lowest BCUT2D eigenvalue weighted by Gasteiger charge is -2.06. The van der Waals surface area contributed by atoms with E-state index >= 15 is 0 Å². The zero-order valence-electron chi connectivity index (χ0n) is 12.6. The van der Waals surface area contributed by atoms with Gasteiger partial charge in [0.05, 0.1) is 5.69 Å². The quantitative estimate of drug-likeness (QED) is 0.877. The Labute approximate surface area is 120 Å². The molecule has 0 spiro atoms. The number of ether oxygens (including phenoxy) is 1. The van der Waals surface area contributed by atoms with Crippen molar-refractivity contribution in [1.82, 2.24) is 10.3 Å². The third kappa shape index (κ3) is 3.84. The first kappa shape index (κ1) is 14.6. The summed E-state index contributed by atoms with van der Waals surface area (Å²) in [5.74, 6) is 2.58. The number of aryl methyl sites for hydroxylation is 2. The third-order valence-electron chi connectivity index (χ3n) is 3.10. The van der Waals surface area contributed by atoms with Crippen LogP contribution in [0.1, 0.15) is 36.6 Å². The van der Waals surface area contributed by atoms with Gasteiger partial charge in [0.1, 0.15) is 23.9 Å². The highest BCUT2D eigenvalue weighted by molar-refractivity contribution is 5.26. The Hall–Kier alpha value is -1.81. The molecule has 2 heterocycles. The highest BCUT2D eigenvalue weighted by Crippen LogP contribution is 2.19. The predicted octanol–water partition coefficient (Wildman–Crippen LogP) is 3.37. The summed E-state index contributed by atoms with van der Waals surface area (Å²) in [6.45, 7) is 9.42. The van der Waals surface area contributed by atoms with Gasteiger partial charge in [-0.2, -0.15) is 0 Å². The molecule has 0 amide bonds. The Bertz CT molecular complexity index is 561. The van der Waals surface area contributed by atoms with Crippen LogP contribution >= 0.6 is 0 Å². The van der Waals surface area contributed by atoms with E-state index in [2.05, 4.69) is 30.2 Å². The summed E-state index contributed by atoms with van der Waals surface area (Å²) >= 11 is 0. The topological polar surface area (TPSA) is 47.3 Å². The number of nitrogens with zero attached hydrogens (tertiary/aromatic N) is 1. The molecule has 0 unspecified atom stereocenters. The van der Waals surface area contributed by atoms with Crippen molar-refractivity contribution in [3.63, 3.8) is 0 Å². The van der Waals surface area contributed by atoms with Crippen molar-refractivity contribution in [2.24, 2.45) is 0 Å². The van der Waals surface area contributed by atoms with E-state index in [1.165, 1.54) is 5.56 Å². The molecule has 0 saturated heterocycles. The minimum absolute atomic E-state index is 0.426. The standard InChI is InChI=1S/C16H22N2O2/c1-11(2)18-9-14-8-15(20-13(14)4)10-19-16-6-5-7-17-12(16)3/h5-8,11,18H,9-10H2,1-4H3. The predicted molar refractivity (Wildman–Crippen MR) is 78.7 cm³/mol. The largest absolute Gasteiger partial charge is 0.484 e. The van der Waals surface area contributed by atoms with Crippen LogP contribution in [0.25, 0.3) is 0 Å². The van der Waals surface area contributed by atoms with Gasteiger partial charge in [0.15, 0.2) is 0 Å². The molecule has 0 aliphatic rings. The first-order valence-corrected chi connectivity index (χ1v) is 6.92. The average Bonchev–Trinajstić information content (AvgIpc) is 2.76. The van der Waals surface area contributed by atoms with E-state index in [0.29, 0.717) is 12.6 Å². The Kier molecular flexibility index (Phi) is 4.79. The molecule has 0 aliphatic carbocycles. The van der Waals surface area contributed by atoms with Crippen LogP contribution in [0, 0.1) is 13.8 Å². The molecule has 0 fully saturated rings. The SMILES string of the molecule is Cc1ncccc1OCc1cc(CNC(C)C)c(C)o1. The second-order valence-electron chi connectivity index (χ2n) is 5.21. The second kappa shape index (κ2) is 6.57. The summed E-state index contributed by atoms with van der Waals surface area (Å²) in [5.41, 5.74) is 2.07. The molecule has 20 heavy (non-hydrogen) atoms. The van der Waals surface area contributed by atoms with Gasteiger partial charge in [0.2, 0.25) is 0 Å². The second-order valence-corrected chi connectivity index (χ2v) is 5.21. The van der Waals surface area contributed by atoms with Gasteiger partial charge in [-0.15, -0.1) is 0 Å². The number of hydrogen-bond donors (Lipinski definition) is 1. The van der Waals surface area contributed by atoms with E-state index in [0.717, 1.165) is 29.5 Å². The lowest BCUT2D eigenvalue weighted by molar-refractivity contribution is 0.265. The smallest absolute Gasteiger partial charge is 0.146 e. The van der Waals surface area contributed by atoms with Gasteiger partial charge < -0.3 is 14.5 Å². The average molecular weight is 274 g/mol. The number of hydrogen-bond acceptors (Lipinski definition) is 4. The first-order chi connectivity index (χ1) is 9.56. The van der Waals surface area contributed by atoms with Gasteiger partial charge in [-0.1, -0.05) is 13.8 Å². The van der Waals surface area contributed by atoms with Gasteiger partial charge >= 0.3 is 0 Å². The molecule has 0 aliphatic heterocycles. The highest BCUT2D eigenvalue weighted by Gasteiger charge is 2.09. The van der Waals surface area contributed by atoms with E-state index in [4.69, 9.17) is 9.15 Å². The van der Waals surface area contributed by atoms with Gasteiger partial charge in [0.25, 0.3) is 0 Å². The number of aromatic nitrogens is 1. The molecule has 1 N–H and O–H groups in total. The van der Waals surface area contributed by atoms with Gasteiger partial charge in [-0.05, 0) is 32.0 Å². The summed E-state index contributed by atoms with van der Waals surface area (Å²) < 4.78 is 11.5.